The van der Waals surface area contributed by atoms with Gasteiger partial charge in [0, 0.05) is 20.2 Å². The molecule has 0 fully saturated rings. The van der Waals surface area contributed by atoms with Gasteiger partial charge < -0.3 is 14.6 Å². The van der Waals surface area contributed by atoms with Gasteiger partial charge in [-0.15, -0.1) is 0 Å². The second kappa shape index (κ2) is 11.9. The molecule has 15 heavy (non-hydrogen) atoms. The van der Waals surface area contributed by atoms with Crippen molar-refractivity contribution < 1.29 is 14.6 Å². The maximum Gasteiger partial charge on any atom is 0.0700 e. The fourth-order valence-corrected chi connectivity index (χ4v) is 1.30. The topological polar surface area (TPSA) is 41.9 Å². The number of unbranched alkanes of at least 4 members (excludes halogenated alkanes) is 1. The molecule has 0 aliphatic heterocycles. The third-order valence-corrected chi connectivity index (χ3v) is 2.23. The maximum atomic E-state index is 8.87. The lowest BCUT2D eigenvalue weighted by Gasteiger charge is -2.20. The van der Waals surface area contributed by atoms with E-state index in [4.69, 9.17) is 14.6 Å². The summed E-state index contributed by atoms with van der Waals surface area (Å²) in [7, 11) is 1.67. The molecule has 0 heterocycles. The highest BCUT2D eigenvalue weighted by atomic mass is 16.5. The molecule has 0 rings (SSSR count). The zero-order chi connectivity index (χ0) is 11.4. The Morgan fingerprint density at radius 1 is 1.07 bits per heavy atom. The van der Waals surface area contributed by atoms with Crippen molar-refractivity contribution in [3.8, 4) is 0 Å². The van der Waals surface area contributed by atoms with E-state index in [0.717, 1.165) is 19.6 Å². The summed E-state index contributed by atoms with van der Waals surface area (Å²) in [4.78, 5) is 2.23. The summed E-state index contributed by atoms with van der Waals surface area (Å²) >= 11 is 0. The van der Waals surface area contributed by atoms with Gasteiger partial charge >= 0.3 is 0 Å². The van der Waals surface area contributed by atoms with E-state index in [-0.39, 0.29) is 6.61 Å². The molecule has 1 N–H and O–H groups in total. The molecule has 92 valence electrons. The van der Waals surface area contributed by atoms with E-state index >= 15 is 0 Å². The van der Waals surface area contributed by atoms with Crippen LogP contribution in [0.5, 0.6) is 0 Å². The molecular formula is C11H25NO3. The van der Waals surface area contributed by atoms with E-state index in [0.29, 0.717) is 19.8 Å². The van der Waals surface area contributed by atoms with Crippen molar-refractivity contribution in [2.75, 3.05) is 53.2 Å². The third kappa shape index (κ3) is 10.1. The van der Waals surface area contributed by atoms with Crippen molar-refractivity contribution in [2.24, 2.45) is 0 Å². The van der Waals surface area contributed by atoms with Crippen LogP contribution in [0.3, 0.4) is 0 Å². The normalized spacial score (nSPS) is 11.2. The van der Waals surface area contributed by atoms with Crippen molar-refractivity contribution >= 4 is 0 Å². The zero-order valence-electron chi connectivity index (χ0n) is 10.1. The Labute approximate surface area is 93.2 Å². The van der Waals surface area contributed by atoms with Crippen LogP contribution in [0.2, 0.25) is 0 Å². The van der Waals surface area contributed by atoms with Crippen molar-refractivity contribution in [3.05, 3.63) is 0 Å². The molecule has 4 heteroatoms. The van der Waals surface area contributed by atoms with Gasteiger partial charge in [0.1, 0.15) is 0 Å². The first-order chi connectivity index (χ1) is 7.35. The highest BCUT2D eigenvalue weighted by Gasteiger charge is 2.02. The Hall–Kier alpha value is -0.160. The number of nitrogens with zero attached hydrogens (tertiary/aromatic N) is 1. The van der Waals surface area contributed by atoms with Crippen molar-refractivity contribution in [1.82, 2.24) is 4.90 Å². The first-order valence-electron chi connectivity index (χ1n) is 5.75. The van der Waals surface area contributed by atoms with Crippen LogP contribution >= 0.6 is 0 Å². The van der Waals surface area contributed by atoms with Crippen LogP contribution in [-0.4, -0.2) is 63.2 Å². The maximum absolute atomic E-state index is 8.87. The summed E-state index contributed by atoms with van der Waals surface area (Å²) in [6.45, 7) is 7.09. The molecule has 0 bridgehead atoms. The number of hydrogen-bond acceptors (Lipinski definition) is 4. The molecule has 0 aliphatic carbocycles. The van der Waals surface area contributed by atoms with Crippen molar-refractivity contribution in [3.63, 3.8) is 0 Å². The van der Waals surface area contributed by atoms with Crippen molar-refractivity contribution in [2.45, 2.75) is 19.8 Å². The van der Waals surface area contributed by atoms with Gasteiger partial charge in [0.15, 0.2) is 0 Å². The van der Waals surface area contributed by atoms with E-state index in [9.17, 15) is 0 Å². The second-order valence-electron chi connectivity index (χ2n) is 3.52. The van der Waals surface area contributed by atoms with Gasteiger partial charge in [0.25, 0.3) is 0 Å². The summed E-state index contributed by atoms with van der Waals surface area (Å²) in [5, 5.41) is 8.87. The molecule has 0 radical (unpaired) electrons. The fraction of sp³-hybridized carbons (Fsp3) is 1.00. The number of aliphatic hydroxyl groups excluding tert-OH is 1. The van der Waals surface area contributed by atoms with Gasteiger partial charge in [0.2, 0.25) is 0 Å². The summed E-state index contributed by atoms with van der Waals surface area (Å²) in [5.41, 5.74) is 0. The average molecular weight is 219 g/mol. The fourth-order valence-electron chi connectivity index (χ4n) is 1.30. The number of aliphatic hydroxyl groups is 1. The van der Waals surface area contributed by atoms with E-state index in [1.807, 2.05) is 0 Å². The smallest absolute Gasteiger partial charge is 0.0700 e. The minimum Gasteiger partial charge on any atom is -0.395 e. The average Bonchev–Trinajstić information content (AvgIpc) is 2.25. The number of hydrogen-bond donors (Lipinski definition) is 1. The van der Waals surface area contributed by atoms with Crippen LogP contribution in [-0.2, 0) is 9.47 Å². The molecule has 0 aromatic carbocycles. The van der Waals surface area contributed by atoms with Gasteiger partial charge in [-0.1, -0.05) is 13.3 Å². The predicted molar refractivity (Wildman–Crippen MR) is 61.1 cm³/mol. The van der Waals surface area contributed by atoms with Crippen LogP contribution in [0.4, 0.5) is 0 Å². The molecule has 0 amide bonds. The van der Waals surface area contributed by atoms with Gasteiger partial charge in [-0.05, 0) is 13.0 Å². The molecule has 0 aromatic heterocycles. The minimum atomic E-state index is 0.224. The standard InChI is InChI=1S/C11H25NO3/c1-3-4-5-12(6-8-13)7-9-15-11-10-14-2/h13H,3-11H2,1-2H3. The summed E-state index contributed by atoms with van der Waals surface area (Å²) in [6, 6.07) is 0. The highest BCUT2D eigenvalue weighted by Crippen LogP contribution is 1.94. The van der Waals surface area contributed by atoms with Gasteiger partial charge in [-0.2, -0.15) is 0 Å². The Kier molecular flexibility index (Phi) is 11.8. The molecule has 0 spiro atoms. The Morgan fingerprint density at radius 2 is 1.87 bits per heavy atom. The SMILES string of the molecule is CCCCN(CCO)CCOCCOC. The molecule has 0 aromatic rings. The number of ether oxygens (including phenoxy) is 2. The lowest BCUT2D eigenvalue weighted by atomic mass is 10.3. The van der Waals surface area contributed by atoms with E-state index in [2.05, 4.69) is 11.8 Å². The Balaban J connectivity index is 3.38. The monoisotopic (exact) mass is 219 g/mol. The largest absolute Gasteiger partial charge is 0.395 e. The highest BCUT2D eigenvalue weighted by molar-refractivity contribution is 4.56. The van der Waals surface area contributed by atoms with Crippen LogP contribution in [0.15, 0.2) is 0 Å². The molecule has 0 atom stereocenters. The zero-order valence-corrected chi connectivity index (χ0v) is 10.1. The summed E-state index contributed by atoms with van der Waals surface area (Å²) in [5.74, 6) is 0. The van der Waals surface area contributed by atoms with E-state index in [1.165, 1.54) is 12.8 Å². The van der Waals surface area contributed by atoms with E-state index in [1.54, 1.807) is 7.11 Å². The first-order valence-corrected chi connectivity index (χ1v) is 5.75. The van der Waals surface area contributed by atoms with Crippen LogP contribution < -0.4 is 0 Å². The first kappa shape index (κ1) is 14.8. The molecule has 0 saturated heterocycles. The second-order valence-corrected chi connectivity index (χ2v) is 3.52. The van der Waals surface area contributed by atoms with Crippen LogP contribution in [0, 0.1) is 0 Å². The molecule has 0 unspecified atom stereocenters. The van der Waals surface area contributed by atoms with Gasteiger partial charge in [-0.25, -0.2) is 0 Å². The summed E-state index contributed by atoms with van der Waals surface area (Å²) < 4.78 is 10.3. The predicted octanol–water partition coefficient (Wildman–Crippen LogP) is 0.744. The summed E-state index contributed by atoms with van der Waals surface area (Å²) in [6.07, 6.45) is 2.37. The Bertz CT molecular complexity index is 122. The van der Waals surface area contributed by atoms with Crippen LogP contribution in [0.25, 0.3) is 0 Å². The minimum absolute atomic E-state index is 0.224. The molecule has 4 nitrogen and oxygen atoms in total. The number of methoxy groups -OCH3 is 1. The lowest BCUT2D eigenvalue weighted by Crippen LogP contribution is -2.31. The van der Waals surface area contributed by atoms with Gasteiger partial charge in [-0.3, -0.25) is 4.90 Å². The van der Waals surface area contributed by atoms with Gasteiger partial charge in [0.05, 0.1) is 26.4 Å². The van der Waals surface area contributed by atoms with E-state index < -0.39 is 0 Å². The third-order valence-electron chi connectivity index (χ3n) is 2.23. The lowest BCUT2D eigenvalue weighted by molar-refractivity contribution is 0.0541. The molecule has 0 aliphatic rings. The quantitative estimate of drug-likeness (QED) is 0.521. The molecular weight excluding hydrogens is 194 g/mol. The van der Waals surface area contributed by atoms with Crippen molar-refractivity contribution in [1.29, 1.82) is 0 Å². The Morgan fingerprint density at radius 3 is 2.47 bits per heavy atom. The molecule has 0 saturated carbocycles. The van der Waals surface area contributed by atoms with Crippen LogP contribution in [0.1, 0.15) is 19.8 Å². The number of rotatable bonds is 11.